The molecule has 7 heteroatoms. The van der Waals surface area contributed by atoms with Crippen LogP contribution in [0.4, 0.5) is 0 Å². The van der Waals surface area contributed by atoms with E-state index in [1.165, 1.54) is 16.3 Å². The van der Waals surface area contributed by atoms with Crippen molar-refractivity contribution in [3.05, 3.63) is 76.1 Å². The molecule has 1 aliphatic rings. The molecule has 31 heavy (non-hydrogen) atoms. The topological polar surface area (TPSA) is 73.7 Å². The van der Waals surface area contributed by atoms with Crippen LogP contribution in [0.1, 0.15) is 24.1 Å². The molecule has 4 rings (SSSR count). The van der Waals surface area contributed by atoms with Gasteiger partial charge in [0.05, 0.1) is 19.9 Å². The first-order valence-corrected chi connectivity index (χ1v) is 10.2. The Kier molecular flexibility index (Phi) is 5.75. The van der Waals surface area contributed by atoms with Crippen molar-refractivity contribution < 1.29 is 14.3 Å². The van der Waals surface area contributed by atoms with E-state index in [1.54, 1.807) is 32.1 Å². The third kappa shape index (κ3) is 4.17. The average molecular weight is 419 g/mol. The number of rotatable bonds is 5. The Balaban J connectivity index is 1.56. The second-order valence-corrected chi connectivity index (χ2v) is 7.55. The van der Waals surface area contributed by atoms with E-state index in [1.807, 2.05) is 42.5 Å². The molecule has 1 aromatic heterocycles. The van der Waals surface area contributed by atoms with Crippen LogP contribution in [-0.2, 0) is 17.8 Å². The molecular weight excluding hydrogens is 394 g/mol. The summed E-state index contributed by atoms with van der Waals surface area (Å²) in [5.41, 5.74) is 3.45. The van der Waals surface area contributed by atoms with Crippen LogP contribution in [0.15, 0.2) is 59.4 Å². The standard InChI is InChI=1S/C24H25N3O4/c1-16(24(29)26-13-12-18-14-21(31-3)9-6-19(18)15-26)27-23(28)11-10-22(25-27)17-4-7-20(30-2)8-5-17/h4-11,14,16H,12-13,15H2,1-3H3. The largest absolute Gasteiger partial charge is 0.497 e. The Morgan fingerprint density at radius 2 is 1.68 bits per heavy atom. The lowest BCUT2D eigenvalue weighted by Gasteiger charge is -2.31. The number of nitrogens with zero attached hydrogens (tertiary/aromatic N) is 3. The van der Waals surface area contributed by atoms with Crippen molar-refractivity contribution in [3.8, 4) is 22.8 Å². The minimum atomic E-state index is -0.703. The molecule has 0 fully saturated rings. The summed E-state index contributed by atoms with van der Waals surface area (Å²) in [6, 6.07) is 15.7. The molecule has 0 N–H and O–H groups in total. The normalized spacial score (nSPS) is 14.0. The van der Waals surface area contributed by atoms with Crippen molar-refractivity contribution in [2.24, 2.45) is 0 Å². The first-order chi connectivity index (χ1) is 15.0. The summed E-state index contributed by atoms with van der Waals surface area (Å²) in [7, 11) is 3.25. The monoisotopic (exact) mass is 419 g/mol. The molecule has 0 radical (unpaired) electrons. The van der Waals surface area contributed by atoms with Crippen molar-refractivity contribution >= 4 is 5.91 Å². The summed E-state index contributed by atoms with van der Waals surface area (Å²) in [6.07, 6.45) is 0.749. The molecular formula is C24H25N3O4. The van der Waals surface area contributed by atoms with Gasteiger partial charge in [-0.2, -0.15) is 5.10 Å². The Morgan fingerprint density at radius 1 is 0.968 bits per heavy atom. The molecule has 7 nitrogen and oxygen atoms in total. The van der Waals surface area contributed by atoms with Crippen molar-refractivity contribution in [1.29, 1.82) is 0 Å². The Morgan fingerprint density at radius 3 is 2.39 bits per heavy atom. The summed E-state index contributed by atoms with van der Waals surface area (Å²) in [5, 5.41) is 4.48. The highest BCUT2D eigenvalue weighted by Crippen LogP contribution is 2.25. The molecule has 0 spiro atoms. The second-order valence-electron chi connectivity index (χ2n) is 7.55. The zero-order valence-electron chi connectivity index (χ0n) is 17.9. The fourth-order valence-electron chi connectivity index (χ4n) is 3.83. The molecule has 1 unspecified atom stereocenters. The lowest BCUT2D eigenvalue weighted by atomic mass is 9.99. The average Bonchev–Trinajstić information content (AvgIpc) is 2.82. The minimum Gasteiger partial charge on any atom is -0.497 e. The molecule has 0 aliphatic carbocycles. The highest BCUT2D eigenvalue weighted by atomic mass is 16.5. The van der Waals surface area contributed by atoms with Crippen LogP contribution >= 0.6 is 0 Å². The maximum atomic E-state index is 13.2. The number of ether oxygens (including phenoxy) is 2. The number of carbonyl (C=O) groups is 1. The number of benzene rings is 2. The Bertz CT molecular complexity index is 1150. The quantitative estimate of drug-likeness (QED) is 0.636. The zero-order chi connectivity index (χ0) is 22.0. The molecule has 1 aliphatic heterocycles. The molecule has 160 valence electrons. The summed E-state index contributed by atoms with van der Waals surface area (Å²) < 4.78 is 11.7. The number of methoxy groups -OCH3 is 2. The van der Waals surface area contributed by atoms with Crippen molar-refractivity contribution in [1.82, 2.24) is 14.7 Å². The molecule has 2 aromatic carbocycles. The predicted octanol–water partition coefficient (Wildman–Crippen LogP) is 3.07. The van der Waals surface area contributed by atoms with Gasteiger partial charge in [0, 0.05) is 24.7 Å². The van der Waals surface area contributed by atoms with Gasteiger partial charge < -0.3 is 14.4 Å². The van der Waals surface area contributed by atoms with Crippen molar-refractivity contribution in [2.45, 2.75) is 25.9 Å². The van der Waals surface area contributed by atoms with Gasteiger partial charge in [-0.1, -0.05) is 6.07 Å². The van der Waals surface area contributed by atoms with Gasteiger partial charge in [0.25, 0.3) is 5.56 Å². The maximum absolute atomic E-state index is 13.2. The smallest absolute Gasteiger partial charge is 0.267 e. The molecule has 0 saturated carbocycles. The molecule has 2 heterocycles. The molecule has 3 aromatic rings. The van der Waals surface area contributed by atoms with Crippen LogP contribution < -0.4 is 15.0 Å². The molecule has 1 amide bonds. The fraction of sp³-hybridized carbons (Fsp3) is 0.292. The number of carbonyl (C=O) groups excluding carboxylic acids is 1. The van der Waals surface area contributed by atoms with Gasteiger partial charge in [0.15, 0.2) is 0 Å². The van der Waals surface area contributed by atoms with E-state index in [0.29, 0.717) is 18.8 Å². The van der Waals surface area contributed by atoms with E-state index >= 15 is 0 Å². The molecule has 0 saturated heterocycles. The summed E-state index contributed by atoms with van der Waals surface area (Å²) in [6.45, 7) is 2.82. The zero-order valence-corrected chi connectivity index (χ0v) is 17.9. The van der Waals surface area contributed by atoms with Gasteiger partial charge in [-0.3, -0.25) is 9.59 Å². The minimum absolute atomic E-state index is 0.122. The predicted molar refractivity (Wildman–Crippen MR) is 117 cm³/mol. The van der Waals surface area contributed by atoms with Crippen LogP contribution in [0.25, 0.3) is 11.3 Å². The third-order valence-corrected chi connectivity index (χ3v) is 5.67. The van der Waals surface area contributed by atoms with Gasteiger partial charge in [-0.05, 0) is 66.9 Å². The van der Waals surface area contributed by atoms with Crippen molar-refractivity contribution in [3.63, 3.8) is 0 Å². The van der Waals surface area contributed by atoms with Crippen LogP contribution in [0, 0.1) is 0 Å². The number of aromatic nitrogens is 2. The lowest BCUT2D eigenvalue weighted by molar-refractivity contribution is -0.135. The summed E-state index contributed by atoms with van der Waals surface area (Å²) in [5.74, 6) is 1.43. The highest BCUT2D eigenvalue weighted by molar-refractivity contribution is 5.80. The van der Waals surface area contributed by atoms with Gasteiger partial charge >= 0.3 is 0 Å². The van der Waals surface area contributed by atoms with Gasteiger partial charge in [-0.15, -0.1) is 0 Å². The van der Waals surface area contributed by atoms with Crippen LogP contribution in [0.2, 0.25) is 0 Å². The molecule has 1 atom stereocenters. The van der Waals surface area contributed by atoms with Crippen LogP contribution in [-0.4, -0.2) is 41.4 Å². The lowest BCUT2D eigenvalue weighted by Crippen LogP contribution is -2.42. The summed E-state index contributed by atoms with van der Waals surface area (Å²) >= 11 is 0. The second kappa shape index (κ2) is 8.63. The Labute approximate surface area is 180 Å². The number of hydrogen-bond donors (Lipinski definition) is 0. The highest BCUT2D eigenvalue weighted by Gasteiger charge is 2.27. The SMILES string of the molecule is COc1ccc(-c2ccc(=O)n(C(C)C(=O)N3CCc4cc(OC)ccc4C3)n2)cc1. The van der Waals surface area contributed by atoms with Crippen LogP contribution in [0.5, 0.6) is 11.5 Å². The van der Waals surface area contributed by atoms with Gasteiger partial charge in [-0.25, -0.2) is 4.68 Å². The van der Waals surface area contributed by atoms with E-state index in [4.69, 9.17) is 9.47 Å². The first-order valence-electron chi connectivity index (χ1n) is 10.2. The van der Waals surface area contributed by atoms with Gasteiger partial charge in [0.2, 0.25) is 5.91 Å². The van der Waals surface area contributed by atoms with Gasteiger partial charge in [0.1, 0.15) is 17.5 Å². The van der Waals surface area contributed by atoms with E-state index in [0.717, 1.165) is 29.0 Å². The molecule has 0 bridgehead atoms. The van der Waals surface area contributed by atoms with E-state index in [2.05, 4.69) is 5.10 Å². The number of fused-ring (bicyclic) bond motifs is 1. The number of hydrogen-bond acceptors (Lipinski definition) is 5. The fourth-order valence-corrected chi connectivity index (χ4v) is 3.83. The van der Waals surface area contributed by atoms with Crippen molar-refractivity contribution in [2.75, 3.05) is 20.8 Å². The number of amides is 1. The maximum Gasteiger partial charge on any atom is 0.267 e. The van der Waals surface area contributed by atoms with E-state index in [-0.39, 0.29) is 11.5 Å². The third-order valence-electron chi connectivity index (χ3n) is 5.67. The van der Waals surface area contributed by atoms with Crippen LogP contribution in [0.3, 0.4) is 0 Å². The van der Waals surface area contributed by atoms with E-state index in [9.17, 15) is 9.59 Å². The summed E-state index contributed by atoms with van der Waals surface area (Å²) in [4.78, 5) is 27.5. The van der Waals surface area contributed by atoms with E-state index < -0.39 is 6.04 Å². The first kappa shape index (κ1) is 20.7. The Hall–Kier alpha value is -3.61.